The van der Waals surface area contributed by atoms with Crippen LogP contribution in [0.25, 0.3) is 10.9 Å². The van der Waals surface area contributed by atoms with Crippen LogP contribution in [0.2, 0.25) is 0 Å². The van der Waals surface area contributed by atoms with E-state index in [4.69, 9.17) is 0 Å². The van der Waals surface area contributed by atoms with Gasteiger partial charge in [0, 0.05) is 35.3 Å². The topological polar surface area (TPSA) is 77.6 Å². The number of halogens is 2. The number of amides is 1. The molecule has 4 heterocycles. The minimum Gasteiger partial charge on any atom is -0.331 e. The van der Waals surface area contributed by atoms with E-state index in [1.807, 2.05) is 30.5 Å². The molecule has 1 N–H and O–H groups in total. The van der Waals surface area contributed by atoms with Crippen molar-refractivity contribution in [3.05, 3.63) is 59.8 Å². The molecule has 10 heteroatoms. The Bertz CT molecular complexity index is 1090. The van der Waals surface area contributed by atoms with Crippen molar-refractivity contribution in [2.45, 2.75) is 25.2 Å². The Morgan fingerprint density at radius 1 is 1.32 bits per heavy atom. The zero-order chi connectivity index (χ0) is 18.4. The third-order valence-electron chi connectivity index (χ3n) is 4.65. The van der Waals surface area contributed by atoms with Crippen molar-refractivity contribution in [2.24, 2.45) is 0 Å². The standard InChI is InChI=1S/C18H15FN6OS.ClH/c19-12-7-14-15(21-10-24(14)9-12)16(17(26)22-18-20-5-6-27-18)25-8-11-3-1-2-4-13(11)23-25;/h1-6,8,10,12,16H,7,9H2,(H,20,22,26);1H/t12-,16?;/m1./s1. The summed E-state index contributed by atoms with van der Waals surface area (Å²) in [7, 11) is 0. The van der Waals surface area contributed by atoms with Gasteiger partial charge in [-0.3, -0.25) is 14.8 Å². The Morgan fingerprint density at radius 3 is 2.96 bits per heavy atom. The number of nitrogens with one attached hydrogen (secondary N) is 1. The van der Waals surface area contributed by atoms with Gasteiger partial charge in [-0.2, -0.15) is 5.10 Å². The van der Waals surface area contributed by atoms with Crippen LogP contribution in [0.15, 0.2) is 48.4 Å². The van der Waals surface area contributed by atoms with E-state index in [2.05, 4.69) is 20.4 Å². The second-order valence-corrected chi connectivity index (χ2v) is 7.32. The first kappa shape index (κ1) is 18.6. The summed E-state index contributed by atoms with van der Waals surface area (Å²) in [5.74, 6) is -0.304. The number of fused-ring (bicyclic) bond motifs is 2. The highest BCUT2D eigenvalue weighted by molar-refractivity contribution is 7.13. The van der Waals surface area contributed by atoms with Gasteiger partial charge in [0.15, 0.2) is 11.2 Å². The van der Waals surface area contributed by atoms with E-state index in [9.17, 15) is 9.18 Å². The first-order valence-corrected chi connectivity index (χ1v) is 9.39. The summed E-state index contributed by atoms with van der Waals surface area (Å²) in [5.41, 5.74) is 2.04. The first-order chi connectivity index (χ1) is 13.2. The fourth-order valence-electron chi connectivity index (χ4n) is 3.46. The third kappa shape index (κ3) is 3.16. The first-order valence-electron chi connectivity index (χ1n) is 8.51. The fourth-order valence-corrected chi connectivity index (χ4v) is 3.99. The highest BCUT2D eigenvalue weighted by atomic mass is 35.5. The van der Waals surface area contributed by atoms with Crippen LogP contribution in [0.5, 0.6) is 0 Å². The summed E-state index contributed by atoms with van der Waals surface area (Å²) in [5, 5.41) is 10.6. The zero-order valence-electron chi connectivity index (χ0n) is 14.5. The van der Waals surface area contributed by atoms with E-state index in [1.165, 1.54) is 11.3 Å². The number of thiazole rings is 1. The molecule has 0 spiro atoms. The molecule has 7 nitrogen and oxygen atoms in total. The smallest absolute Gasteiger partial charge is 0.257 e. The zero-order valence-corrected chi connectivity index (χ0v) is 16.2. The van der Waals surface area contributed by atoms with Gasteiger partial charge in [0.2, 0.25) is 0 Å². The Labute approximate surface area is 169 Å². The number of rotatable bonds is 4. The summed E-state index contributed by atoms with van der Waals surface area (Å²) in [6.45, 7) is 0.268. The van der Waals surface area contributed by atoms with Crippen molar-refractivity contribution < 1.29 is 9.18 Å². The van der Waals surface area contributed by atoms with Crippen molar-refractivity contribution in [1.82, 2.24) is 24.3 Å². The highest BCUT2D eigenvalue weighted by Gasteiger charge is 2.34. The molecule has 0 aliphatic carbocycles. The second-order valence-electron chi connectivity index (χ2n) is 6.43. The minimum atomic E-state index is -0.957. The molecule has 1 aliphatic rings. The number of benzene rings is 1. The van der Waals surface area contributed by atoms with Crippen molar-refractivity contribution in [3.63, 3.8) is 0 Å². The Morgan fingerprint density at radius 2 is 2.18 bits per heavy atom. The molecule has 0 bridgehead atoms. The number of nitrogens with zero attached hydrogens (tertiary/aromatic N) is 5. The van der Waals surface area contributed by atoms with E-state index in [0.29, 0.717) is 10.8 Å². The minimum absolute atomic E-state index is 0. The van der Waals surface area contributed by atoms with Gasteiger partial charge in [0.1, 0.15) is 6.17 Å². The maximum atomic E-state index is 13.9. The van der Waals surface area contributed by atoms with Crippen LogP contribution in [-0.4, -0.2) is 36.4 Å². The molecule has 28 heavy (non-hydrogen) atoms. The van der Waals surface area contributed by atoms with Crippen LogP contribution in [0.1, 0.15) is 17.4 Å². The van der Waals surface area contributed by atoms with Gasteiger partial charge >= 0.3 is 0 Å². The second kappa shape index (κ2) is 7.33. The normalized spacial score (nSPS) is 16.5. The predicted molar refractivity (Wildman–Crippen MR) is 107 cm³/mol. The van der Waals surface area contributed by atoms with Crippen LogP contribution in [0, 0.1) is 0 Å². The lowest BCUT2D eigenvalue weighted by Gasteiger charge is -2.16. The number of aromatic nitrogens is 5. The maximum Gasteiger partial charge on any atom is 0.257 e. The van der Waals surface area contributed by atoms with Crippen LogP contribution >= 0.6 is 23.7 Å². The van der Waals surface area contributed by atoms with Crippen molar-refractivity contribution in [1.29, 1.82) is 0 Å². The SMILES string of the molecule is Cl.O=C(Nc1nccs1)C(c1ncn2c1C[C@@H](F)C2)n1cc2ccccc2n1. The molecule has 1 aliphatic heterocycles. The Kier molecular flexibility index (Phi) is 4.86. The number of anilines is 1. The van der Waals surface area contributed by atoms with E-state index in [1.54, 1.807) is 27.2 Å². The van der Waals surface area contributed by atoms with Crippen LogP contribution in [0.3, 0.4) is 0 Å². The average Bonchev–Trinajstić information content (AvgIpc) is 3.40. The van der Waals surface area contributed by atoms with Crippen molar-refractivity contribution in [2.75, 3.05) is 5.32 Å². The van der Waals surface area contributed by atoms with Crippen molar-refractivity contribution >= 4 is 45.7 Å². The molecular weight excluding hydrogens is 403 g/mol. The largest absolute Gasteiger partial charge is 0.331 e. The molecule has 5 rings (SSSR count). The van der Waals surface area contributed by atoms with Gasteiger partial charge in [-0.1, -0.05) is 18.2 Å². The van der Waals surface area contributed by atoms with Crippen molar-refractivity contribution in [3.8, 4) is 0 Å². The van der Waals surface area contributed by atoms with Gasteiger partial charge in [-0.25, -0.2) is 14.4 Å². The molecule has 3 aromatic heterocycles. The summed E-state index contributed by atoms with van der Waals surface area (Å²) in [4.78, 5) is 21.7. The van der Waals surface area contributed by atoms with Gasteiger partial charge in [0.05, 0.1) is 24.1 Å². The highest BCUT2D eigenvalue weighted by Crippen LogP contribution is 2.29. The summed E-state index contributed by atoms with van der Waals surface area (Å²) < 4.78 is 17.3. The molecule has 0 fully saturated rings. The van der Waals surface area contributed by atoms with Gasteiger partial charge < -0.3 is 4.57 Å². The van der Waals surface area contributed by atoms with Gasteiger partial charge in [-0.05, 0) is 6.07 Å². The number of carbonyl (C=O) groups excluding carboxylic acids is 1. The van der Waals surface area contributed by atoms with Gasteiger partial charge in [-0.15, -0.1) is 23.7 Å². The Hall–Kier alpha value is -2.78. The number of alkyl halides is 1. The Balaban J connectivity index is 0.00000192. The molecule has 0 saturated heterocycles. The lowest BCUT2D eigenvalue weighted by atomic mass is 10.1. The average molecular weight is 419 g/mol. The molecular formula is C18H16ClFN6OS. The summed E-state index contributed by atoms with van der Waals surface area (Å²) in [6.07, 6.45) is 4.32. The molecule has 1 amide bonds. The van der Waals surface area contributed by atoms with E-state index < -0.39 is 12.2 Å². The molecule has 144 valence electrons. The van der Waals surface area contributed by atoms with E-state index >= 15 is 0 Å². The van der Waals surface area contributed by atoms with Crippen LogP contribution in [-0.2, 0) is 17.8 Å². The molecule has 0 saturated carbocycles. The van der Waals surface area contributed by atoms with Crippen LogP contribution < -0.4 is 5.32 Å². The quantitative estimate of drug-likeness (QED) is 0.552. The number of hydrogen-bond donors (Lipinski definition) is 1. The molecule has 1 aromatic carbocycles. The number of imidazole rings is 1. The molecule has 4 aromatic rings. The van der Waals surface area contributed by atoms with E-state index in [0.717, 1.165) is 16.6 Å². The lowest BCUT2D eigenvalue weighted by molar-refractivity contribution is -0.118. The monoisotopic (exact) mass is 418 g/mol. The third-order valence-corrected chi connectivity index (χ3v) is 5.34. The predicted octanol–water partition coefficient (Wildman–Crippen LogP) is 3.23. The maximum absolute atomic E-state index is 13.9. The lowest BCUT2D eigenvalue weighted by Crippen LogP contribution is -2.28. The molecule has 1 unspecified atom stereocenters. The summed E-state index contributed by atoms with van der Waals surface area (Å²) >= 11 is 1.33. The van der Waals surface area contributed by atoms with E-state index in [-0.39, 0.29) is 31.3 Å². The summed E-state index contributed by atoms with van der Waals surface area (Å²) in [6, 6.07) is 6.83. The van der Waals surface area contributed by atoms with Crippen LogP contribution in [0.4, 0.5) is 9.52 Å². The number of hydrogen-bond acceptors (Lipinski definition) is 5. The molecule has 0 radical (unpaired) electrons. The van der Waals surface area contributed by atoms with Gasteiger partial charge in [0.25, 0.3) is 5.91 Å². The number of carbonyl (C=O) groups is 1. The molecule has 2 atom stereocenters. The fraction of sp³-hybridized carbons (Fsp3) is 0.222.